The van der Waals surface area contributed by atoms with Gasteiger partial charge in [-0.15, -0.1) is 0 Å². The Hall–Kier alpha value is -1.43. The van der Waals surface area contributed by atoms with E-state index >= 15 is 0 Å². The molecule has 0 radical (unpaired) electrons. The molecule has 2 atom stereocenters. The number of rotatable bonds is 1. The molecule has 2 aliphatic heterocycles. The van der Waals surface area contributed by atoms with Gasteiger partial charge in [0, 0.05) is 19.1 Å². The van der Waals surface area contributed by atoms with Crippen LogP contribution in [-0.4, -0.2) is 51.9 Å². The Kier molecular flexibility index (Phi) is 2.36. The van der Waals surface area contributed by atoms with Gasteiger partial charge in [0.05, 0.1) is 6.20 Å². The van der Waals surface area contributed by atoms with E-state index in [1.807, 2.05) is 4.90 Å². The van der Waals surface area contributed by atoms with Gasteiger partial charge in [-0.2, -0.15) is 15.4 Å². The predicted molar refractivity (Wildman–Crippen MR) is 56.8 cm³/mol. The van der Waals surface area contributed by atoms with E-state index in [0.29, 0.717) is 17.7 Å². The predicted octanol–water partition coefficient (Wildman–Crippen LogP) is -0.371. The first-order chi connectivity index (χ1) is 7.84. The SMILES string of the molecule is O=C(c1cn[nH]n1)N1C[C@@H]2CCCN[C@@H]2C1. The number of H-pyrrole nitrogens is 1. The first kappa shape index (κ1) is 9.77. The number of nitrogens with one attached hydrogen (secondary N) is 2. The van der Waals surface area contributed by atoms with Crippen LogP contribution in [-0.2, 0) is 0 Å². The van der Waals surface area contributed by atoms with Crippen LogP contribution in [0, 0.1) is 5.92 Å². The highest BCUT2D eigenvalue weighted by Crippen LogP contribution is 2.25. The third kappa shape index (κ3) is 1.59. The van der Waals surface area contributed by atoms with Gasteiger partial charge in [0.25, 0.3) is 5.91 Å². The molecule has 0 bridgehead atoms. The molecule has 2 fully saturated rings. The monoisotopic (exact) mass is 221 g/mol. The zero-order valence-corrected chi connectivity index (χ0v) is 9.02. The summed E-state index contributed by atoms with van der Waals surface area (Å²) in [5.74, 6) is 0.606. The summed E-state index contributed by atoms with van der Waals surface area (Å²) in [5, 5.41) is 13.4. The van der Waals surface area contributed by atoms with Crippen molar-refractivity contribution >= 4 is 5.91 Å². The van der Waals surface area contributed by atoms with Crippen molar-refractivity contribution in [3.63, 3.8) is 0 Å². The Morgan fingerprint density at radius 2 is 2.44 bits per heavy atom. The van der Waals surface area contributed by atoms with Gasteiger partial charge in [-0.05, 0) is 25.3 Å². The van der Waals surface area contributed by atoms with E-state index in [-0.39, 0.29) is 5.91 Å². The van der Waals surface area contributed by atoms with Gasteiger partial charge in [-0.3, -0.25) is 4.79 Å². The molecule has 86 valence electrons. The zero-order chi connectivity index (χ0) is 11.0. The molecule has 3 rings (SSSR count). The topological polar surface area (TPSA) is 73.9 Å². The summed E-state index contributed by atoms with van der Waals surface area (Å²) in [6, 6.07) is 0.476. The van der Waals surface area contributed by atoms with Crippen LogP contribution >= 0.6 is 0 Å². The number of aromatic amines is 1. The molecule has 0 aliphatic carbocycles. The van der Waals surface area contributed by atoms with E-state index in [0.717, 1.165) is 19.6 Å². The van der Waals surface area contributed by atoms with Crippen LogP contribution in [0.2, 0.25) is 0 Å². The number of carbonyl (C=O) groups excluding carboxylic acids is 1. The minimum Gasteiger partial charge on any atom is -0.335 e. The second-order valence-corrected chi connectivity index (χ2v) is 4.53. The van der Waals surface area contributed by atoms with Crippen LogP contribution in [0.15, 0.2) is 6.20 Å². The smallest absolute Gasteiger partial charge is 0.276 e. The Bertz CT molecular complexity index is 363. The third-order valence-electron chi connectivity index (χ3n) is 3.52. The molecular weight excluding hydrogens is 206 g/mol. The molecule has 6 heteroatoms. The molecule has 0 aromatic carbocycles. The van der Waals surface area contributed by atoms with Crippen molar-refractivity contribution in [2.75, 3.05) is 19.6 Å². The lowest BCUT2D eigenvalue weighted by Gasteiger charge is -2.24. The van der Waals surface area contributed by atoms with Crippen molar-refractivity contribution in [3.05, 3.63) is 11.9 Å². The average Bonchev–Trinajstić information content (AvgIpc) is 2.97. The quantitative estimate of drug-likeness (QED) is 0.678. The van der Waals surface area contributed by atoms with Gasteiger partial charge in [0.2, 0.25) is 0 Å². The summed E-state index contributed by atoms with van der Waals surface area (Å²) in [4.78, 5) is 13.9. The van der Waals surface area contributed by atoms with Crippen molar-refractivity contribution in [2.24, 2.45) is 5.92 Å². The molecular formula is C10H15N5O. The summed E-state index contributed by atoms with van der Waals surface area (Å²) in [7, 11) is 0. The van der Waals surface area contributed by atoms with Crippen LogP contribution in [0.1, 0.15) is 23.3 Å². The van der Waals surface area contributed by atoms with Crippen molar-refractivity contribution in [3.8, 4) is 0 Å². The summed E-state index contributed by atoms with van der Waals surface area (Å²) in [6.07, 6.45) is 3.92. The molecule has 1 amide bonds. The van der Waals surface area contributed by atoms with Crippen molar-refractivity contribution in [2.45, 2.75) is 18.9 Å². The van der Waals surface area contributed by atoms with Crippen molar-refractivity contribution in [1.29, 1.82) is 0 Å². The van der Waals surface area contributed by atoms with Gasteiger partial charge < -0.3 is 10.2 Å². The maximum absolute atomic E-state index is 12.0. The number of piperidine rings is 1. The van der Waals surface area contributed by atoms with Gasteiger partial charge >= 0.3 is 0 Å². The normalized spacial score (nSPS) is 29.1. The van der Waals surface area contributed by atoms with Gasteiger partial charge in [0.1, 0.15) is 0 Å². The molecule has 2 saturated heterocycles. The van der Waals surface area contributed by atoms with Crippen LogP contribution in [0.3, 0.4) is 0 Å². The van der Waals surface area contributed by atoms with Crippen LogP contribution in [0.4, 0.5) is 0 Å². The van der Waals surface area contributed by atoms with E-state index in [4.69, 9.17) is 0 Å². The maximum Gasteiger partial charge on any atom is 0.276 e. The summed E-state index contributed by atoms with van der Waals surface area (Å²) in [6.45, 7) is 2.73. The molecule has 2 N–H and O–H groups in total. The maximum atomic E-state index is 12.0. The van der Waals surface area contributed by atoms with E-state index in [1.165, 1.54) is 19.0 Å². The van der Waals surface area contributed by atoms with Crippen LogP contribution in [0.5, 0.6) is 0 Å². The minimum absolute atomic E-state index is 0.00931. The highest BCUT2D eigenvalue weighted by atomic mass is 16.2. The minimum atomic E-state index is -0.00931. The Balaban J connectivity index is 1.71. The second-order valence-electron chi connectivity index (χ2n) is 4.53. The standard InChI is InChI=1S/C10H15N5O/c16-10(8-4-12-14-13-8)15-5-7-2-1-3-11-9(7)6-15/h4,7,9,11H,1-3,5-6H2,(H,12,13,14)/t7-,9+/m0/s1. The fraction of sp³-hybridized carbons (Fsp3) is 0.700. The fourth-order valence-corrected chi connectivity index (χ4v) is 2.68. The first-order valence-electron chi connectivity index (χ1n) is 5.73. The zero-order valence-electron chi connectivity index (χ0n) is 9.02. The van der Waals surface area contributed by atoms with Crippen molar-refractivity contribution < 1.29 is 4.79 Å². The molecule has 2 aliphatic rings. The first-order valence-corrected chi connectivity index (χ1v) is 5.73. The fourth-order valence-electron chi connectivity index (χ4n) is 2.68. The van der Waals surface area contributed by atoms with E-state index in [2.05, 4.69) is 20.7 Å². The number of hydrogen-bond acceptors (Lipinski definition) is 4. The van der Waals surface area contributed by atoms with E-state index in [1.54, 1.807) is 0 Å². The van der Waals surface area contributed by atoms with Crippen molar-refractivity contribution in [1.82, 2.24) is 25.6 Å². The highest BCUT2D eigenvalue weighted by Gasteiger charge is 2.37. The van der Waals surface area contributed by atoms with E-state index < -0.39 is 0 Å². The number of carbonyl (C=O) groups is 1. The molecule has 0 spiro atoms. The van der Waals surface area contributed by atoms with Gasteiger partial charge in [-0.1, -0.05) is 0 Å². The lowest BCUT2D eigenvalue weighted by molar-refractivity contribution is 0.0780. The van der Waals surface area contributed by atoms with Crippen LogP contribution < -0.4 is 5.32 Å². The largest absolute Gasteiger partial charge is 0.335 e. The van der Waals surface area contributed by atoms with Gasteiger partial charge in [0.15, 0.2) is 5.69 Å². The average molecular weight is 221 g/mol. The lowest BCUT2D eigenvalue weighted by Crippen LogP contribution is -2.41. The molecule has 16 heavy (non-hydrogen) atoms. The van der Waals surface area contributed by atoms with E-state index in [9.17, 15) is 4.79 Å². The molecule has 0 unspecified atom stereocenters. The number of aromatic nitrogens is 3. The third-order valence-corrected chi connectivity index (χ3v) is 3.52. The molecule has 0 saturated carbocycles. The summed E-state index contributed by atoms with van der Waals surface area (Å²) >= 11 is 0. The number of fused-ring (bicyclic) bond motifs is 1. The summed E-state index contributed by atoms with van der Waals surface area (Å²) < 4.78 is 0. The highest BCUT2D eigenvalue weighted by molar-refractivity contribution is 5.92. The number of amides is 1. The molecule has 1 aromatic rings. The van der Waals surface area contributed by atoms with Gasteiger partial charge in [-0.25, -0.2) is 0 Å². The number of nitrogens with zero attached hydrogens (tertiary/aromatic N) is 3. The summed E-state index contributed by atoms with van der Waals surface area (Å²) in [5.41, 5.74) is 0.415. The van der Waals surface area contributed by atoms with Crippen LogP contribution in [0.25, 0.3) is 0 Å². The second kappa shape index (κ2) is 3.86. The Morgan fingerprint density at radius 1 is 1.50 bits per heavy atom. The Labute approximate surface area is 93.4 Å². The Morgan fingerprint density at radius 3 is 3.19 bits per heavy atom. The lowest BCUT2D eigenvalue weighted by atomic mass is 9.94. The number of hydrogen-bond donors (Lipinski definition) is 2. The number of likely N-dealkylation sites (tertiary alicyclic amines) is 1. The molecule has 1 aromatic heterocycles. The molecule has 3 heterocycles. The molecule has 6 nitrogen and oxygen atoms in total.